The van der Waals surface area contributed by atoms with Crippen LogP contribution in [0.15, 0.2) is 21.3 Å². The molecule has 0 saturated heterocycles. The maximum atomic E-state index is 12.3. The zero-order valence-electron chi connectivity index (χ0n) is 15.6. The number of rotatable bonds is 5. The van der Waals surface area contributed by atoms with Crippen molar-refractivity contribution in [1.82, 2.24) is 5.32 Å². The second-order valence-electron chi connectivity index (χ2n) is 7.00. The molecule has 7 nitrogen and oxygen atoms in total. The number of fused-ring (bicyclic) bond motifs is 3. The summed E-state index contributed by atoms with van der Waals surface area (Å²) in [5.41, 5.74) is 2.53. The van der Waals surface area contributed by atoms with E-state index in [0.717, 1.165) is 30.4 Å². The number of carboxylic acid groups (broad SMARTS) is 1. The van der Waals surface area contributed by atoms with Gasteiger partial charge in [0.2, 0.25) is 0 Å². The Morgan fingerprint density at radius 1 is 1.19 bits per heavy atom. The molecule has 3 rings (SSSR count). The minimum absolute atomic E-state index is 0.317. The summed E-state index contributed by atoms with van der Waals surface area (Å²) in [5, 5.41) is 13.9. The predicted octanol–water partition coefficient (Wildman–Crippen LogP) is 1.00. The Hall–Kier alpha value is -2.83. The van der Waals surface area contributed by atoms with Crippen molar-refractivity contribution in [1.29, 1.82) is 0 Å². The van der Waals surface area contributed by atoms with Gasteiger partial charge in [-0.05, 0) is 69.7 Å². The van der Waals surface area contributed by atoms with Gasteiger partial charge in [0.05, 0.1) is 17.4 Å². The number of amides is 1. The average molecular weight is 372 g/mol. The van der Waals surface area contributed by atoms with Crippen molar-refractivity contribution in [3.8, 4) is 5.75 Å². The molecule has 1 aromatic carbocycles. The van der Waals surface area contributed by atoms with Crippen molar-refractivity contribution in [2.75, 3.05) is 0 Å². The van der Waals surface area contributed by atoms with Crippen molar-refractivity contribution in [2.24, 2.45) is 0 Å². The van der Waals surface area contributed by atoms with Gasteiger partial charge in [0, 0.05) is 5.56 Å². The monoisotopic (exact) mass is 372 g/mol. The summed E-state index contributed by atoms with van der Waals surface area (Å²) in [4.78, 5) is 35.3. The summed E-state index contributed by atoms with van der Waals surface area (Å²) >= 11 is 0. The van der Waals surface area contributed by atoms with Crippen LogP contribution < -0.4 is 20.8 Å². The molecule has 7 heteroatoms. The lowest BCUT2D eigenvalue weighted by Crippen LogP contribution is -2.49. The van der Waals surface area contributed by atoms with Gasteiger partial charge >= 0.3 is 5.63 Å². The summed E-state index contributed by atoms with van der Waals surface area (Å²) in [6.07, 6.45) is 2.39. The molecule has 1 N–H and O–H groups in total. The molecule has 144 valence electrons. The third kappa shape index (κ3) is 3.82. The molecular weight excluding hydrogens is 350 g/mol. The summed E-state index contributed by atoms with van der Waals surface area (Å²) in [7, 11) is 0. The summed E-state index contributed by atoms with van der Waals surface area (Å²) in [6, 6.07) is 2.45. The van der Waals surface area contributed by atoms with E-state index in [-0.39, 0.29) is 5.63 Å². The van der Waals surface area contributed by atoms with Gasteiger partial charge in [-0.3, -0.25) is 4.79 Å². The first kappa shape index (κ1) is 18.9. The molecule has 1 amide bonds. The number of carbonyl (C=O) groups excluding carboxylic acids is 2. The Kier molecular flexibility index (Phi) is 5.21. The molecule has 1 aliphatic carbocycles. The van der Waals surface area contributed by atoms with E-state index in [9.17, 15) is 19.5 Å². The van der Waals surface area contributed by atoms with E-state index in [0.29, 0.717) is 28.7 Å². The normalized spacial score (nSPS) is 15.7. The zero-order valence-corrected chi connectivity index (χ0v) is 15.6. The highest BCUT2D eigenvalue weighted by Gasteiger charge is 2.24. The minimum Gasteiger partial charge on any atom is -0.548 e. The number of aryl methyl sites for hydroxylation is 2. The van der Waals surface area contributed by atoms with Gasteiger partial charge in [-0.15, -0.1) is 0 Å². The van der Waals surface area contributed by atoms with Crippen LogP contribution >= 0.6 is 0 Å². The van der Waals surface area contributed by atoms with Crippen LogP contribution in [0.1, 0.15) is 43.4 Å². The maximum absolute atomic E-state index is 12.3. The van der Waals surface area contributed by atoms with E-state index in [1.165, 1.54) is 13.8 Å². The Bertz CT molecular complexity index is 961. The van der Waals surface area contributed by atoms with Gasteiger partial charge in [-0.25, -0.2) is 4.79 Å². The lowest BCUT2D eigenvalue weighted by atomic mass is 9.90. The van der Waals surface area contributed by atoms with Gasteiger partial charge in [0.15, 0.2) is 6.10 Å². The standard InChI is InChI=1S/C20H23NO6/c1-10-8-15(26-12(3)18(22)21-11(2)19(23)24)17-13-6-4-5-7-14(13)20(25)27-16(17)9-10/h8-9,11-12H,4-7H2,1-3H3,(H,21,22)(H,23,24)/p-1/t11-,12-/m0/s1. The summed E-state index contributed by atoms with van der Waals surface area (Å²) in [5.74, 6) is -1.48. The third-order valence-corrected chi connectivity index (χ3v) is 4.81. The molecule has 2 aromatic rings. The maximum Gasteiger partial charge on any atom is 0.339 e. The molecule has 0 radical (unpaired) electrons. The van der Waals surface area contributed by atoms with Crippen LogP contribution in [-0.4, -0.2) is 24.0 Å². The van der Waals surface area contributed by atoms with E-state index >= 15 is 0 Å². The van der Waals surface area contributed by atoms with E-state index in [1.807, 2.05) is 6.92 Å². The van der Waals surface area contributed by atoms with Crippen LogP contribution in [-0.2, 0) is 22.4 Å². The van der Waals surface area contributed by atoms with Crippen LogP contribution in [0.25, 0.3) is 11.0 Å². The molecule has 1 aliphatic rings. The molecule has 0 fully saturated rings. The van der Waals surface area contributed by atoms with Crippen molar-refractivity contribution < 1.29 is 23.8 Å². The second-order valence-corrected chi connectivity index (χ2v) is 7.00. The fourth-order valence-electron chi connectivity index (χ4n) is 3.39. The summed E-state index contributed by atoms with van der Waals surface area (Å²) in [6.45, 7) is 4.71. The highest BCUT2D eigenvalue weighted by Crippen LogP contribution is 2.35. The summed E-state index contributed by atoms with van der Waals surface area (Å²) < 4.78 is 11.4. The quantitative estimate of drug-likeness (QED) is 0.785. The Morgan fingerprint density at radius 2 is 1.85 bits per heavy atom. The van der Waals surface area contributed by atoms with Crippen molar-refractivity contribution in [3.05, 3.63) is 39.2 Å². The number of nitrogens with one attached hydrogen (secondary N) is 1. The lowest BCUT2D eigenvalue weighted by molar-refractivity contribution is -0.307. The number of hydrogen-bond acceptors (Lipinski definition) is 6. The molecule has 27 heavy (non-hydrogen) atoms. The van der Waals surface area contributed by atoms with Gasteiger partial charge in [0.1, 0.15) is 11.3 Å². The number of aliphatic carboxylic acids is 1. The third-order valence-electron chi connectivity index (χ3n) is 4.81. The van der Waals surface area contributed by atoms with E-state index in [1.54, 1.807) is 12.1 Å². The first-order valence-electron chi connectivity index (χ1n) is 9.05. The van der Waals surface area contributed by atoms with Crippen LogP contribution in [0.5, 0.6) is 5.75 Å². The van der Waals surface area contributed by atoms with Gasteiger partial charge in [-0.2, -0.15) is 0 Å². The van der Waals surface area contributed by atoms with Crippen LogP contribution in [0.2, 0.25) is 0 Å². The number of benzene rings is 1. The number of carboxylic acids is 1. The number of hydrogen-bond donors (Lipinski definition) is 1. The average Bonchev–Trinajstić information content (AvgIpc) is 2.61. The number of carbonyl (C=O) groups is 2. The van der Waals surface area contributed by atoms with Gasteiger partial charge in [-0.1, -0.05) is 0 Å². The molecule has 0 aliphatic heterocycles. The molecule has 2 atom stereocenters. The zero-order chi connectivity index (χ0) is 19.7. The first-order valence-corrected chi connectivity index (χ1v) is 9.05. The van der Waals surface area contributed by atoms with Crippen LogP contribution in [0, 0.1) is 6.92 Å². The minimum atomic E-state index is -1.37. The smallest absolute Gasteiger partial charge is 0.339 e. The molecule has 1 aromatic heterocycles. The van der Waals surface area contributed by atoms with Crippen LogP contribution in [0.4, 0.5) is 0 Å². The fourth-order valence-corrected chi connectivity index (χ4v) is 3.39. The highest BCUT2D eigenvalue weighted by molar-refractivity contribution is 5.90. The topological polar surface area (TPSA) is 109 Å². The van der Waals surface area contributed by atoms with E-state index < -0.39 is 24.0 Å². The Morgan fingerprint density at radius 3 is 2.52 bits per heavy atom. The van der Waals surface area contributed by atoms with E-state index in [2.05, 4.69) is 5.32 Å². The van der Waals surface area contributed by atoms with Crippen LogP contribution in [0.3, 0.4) is 0 Å². The van der Waals surface area contributed by atoms with Crippen molar-refractivity contribution >= 4 is 22.8 Å². The molecule has 0 bridgehead atoms. The van der Waals surface area contributed by atoms with Crippen molar-refractivity contribution in [3.63, 3.8) is 0 Å². The molecular formula is C20H22NO6-. The molecule has 1 heterocycles. The fraction of sp³-hybridized carbons (Fsp3) is 0.450. The largest absolute Gasteiger partial charge is 0.548 e. The lowest BCUT2D eigenvalue weighted by Gasteiger charge is -2.22. The highest BCUT2D eigenvalue weighted by atomic mass is 16.5. The van der Waals surface area contributed by atoms with Gasteiger partial charge in [0.25, 0.3) is 5.91 Å². The molecule has 0 spiro atoms. The molecule has 0 saturated carbocycles. The Labute approximate surface area is 156 Å². The predicted molar refractivity (Wildman–Crippen MR) is 96.6 cm³/mol. The SMILES string of the molecule is Cc1cc(O[C@@H](C)C(=O)N[C@@H](C)C(=O)[O-])c2c3c(c(=O)oc2c1)CCCC3. The van der Waals surface area contributed by atoms with E-state index in [4.69, 9.17) is 9.15 Å². The Balaban J connectivity index is 2.00. The number of ether oxygens (including phenoxy) is 1. The van der Waals surface area contributed by atoms with Crippen molar-refractivity contribution in [2.45, 2.75) is 58.6 Å². The molecule has 0 unspecified atom stereocenters. The second kappa shape index (κ2) is 7.42. The van der Waals surface area contributed by atoms with Gasteiger partial charge < -0.3 is 24.4 Å². The first-order chi connectivity index (χ1) is 12.8.